The molecule has 0 aliphatic rings. The van der Waals surface area contributed by atoms with Crippen molar-refractivity contribution in [3.8, 4) is 0 Å². The smallest absolute Gasteiger partial charge is 0.462 e. The van der Waals surface area contributed by atoms with Gasteiger partial charge < -0.3 is 33.8 Å². The van der Waals surface area contributed by atoms with Crippen molar-refractivity contribution < 1.29 is 80.2 Å². The summed E-state index contributed by atoms with van der Waals surface area (Å²) in [5.41, 5.74) is 0. The molecule has 0 spiro atoms. The molecule has 0 aliphatic carbocycles. The van der Waals surface area contributed by atoms with Crippen LogP contribution in [0.4, 0.5) is 0 Å². The summed E-state index contributed by atoms with van der Waals surface area (Å²) >= 11 is 0. The molecule has 5 atom stereocenters. The van der Waals surface area contributed by atoms with Gasteiger partial charge in [-0.3, -0.25) is 37.3 Å². The highest BCUT2D eigenvalue weighted by molar-refractivity contribution is 7.47. The highest BCUT2D eigenvalue weighted by Crippen LogP contribution is 2.45. The van der Waals surface area contributed by atoms with E-state index in [1.54, 1.807) is 0 Å². The number of carbonyl (C=O) groups excluding carboxylic acids is 4. The summed E-state index contributed by atoms with van der Waals surface area (Å²) in [7, 11) is -10.00. The first-order chi connectivity index (χ1) is 49.7. The summed E-state index contributed by atoms with van der Waals surface area (Å²) in [6, 6.07) is 0. The predicted octanol–water partition coefficient (Wildman–Crippen LogP) is 22.2. The molecule has 0 heterocycles. The van der Waals surface area contributed by atoms with Crippen LogP contribution >= 0.6 is 15.6 Å². The van der Waals surface area contributed by atoms with Gasteiger partial charge in [0.25, 0.3) is 0 Å². The van der Waals surface area contributed by atoms with Crippen molar-refractivity contribution in [3.63, 3.8) is 0 Å². The van der Waals surface area contributed by atoms with E-state index in [1.807, 2.05) is 12.2 Å². The Morgan fingerprint density at radius 1 is 0.284 bits per heavy atom. The summed E-state index contributed by atoms with van der Waals surface area (Å²) < 4.78 is 68.3. The third-order valence-electron chi connectivity index (χ3n) is 15.2. The third kappa shape index (κ3) is 72.8. The Hall–Kier alpha value is -5.58. The molecule has 0 amide bonds. The summed E-state index contributed by atoms with van der Waals surface area (Å²) in [5.74, 6) is -2.34. The van der Waals surface area contributed by atoms with E-state index in [0.29, 0.717) is 38.5 Å². The lowest BCUT2D eigenvalue weighted by atomic mass is 10.1. The summed E-state index contributed by atoms with van der Waals surface area (Å²) in [6.45, 7) is 4.34. The zero-order valence-corrected chi connectivity index (χ0v) is 64.8. The van der Waals surface area contributed by atoms with Crippen LogP contribution in [0.5, 0.6) is 0 Å². The molecule has 0 saturated heterocycles. The maximum atomic E-state index is 13.1. The van der Waals surface area contributed by atoms with Crippen LogP contribution in [0, 0.1) is 0 Å². The number of phosphoric ester groups is 2. The first kappa shape index (κ1) is 96.4. The van der Waals surface area contributed by atoms with Crippen LogP contribution in [0.15, 0.2) is 170 Å². The van der Waals surface area contributed by atoms with Gasteiger partial charge in [0.2, 0.25) is 0 Å². The summed E-state index contributed by atoms with van der Waals surface area (Å²) in [4.78, 5) is 72.8. The highest BCUT2D eigenvalue weighted by atomic mass is 31.2. The minimum Gasteiger partial charge on any atom is -0.462 e. The van der Waals surface area contributed by atoms with E-state index >= 15 is 0 Å². The Kier molecular flexibility index (Phi) is 69.7. The van der Waals surface area contributed by atoms with E-state index < -0.39 is 97.5 Å². The Morgan fingerprint density at radius 3 is 0.843 bits per heavy atom. The summed E-state index contributed by atoms with van der Waals surface area (Å²) in [6.07, 6.45) is 86.5. The molecule has 0 rings (SSSR count). The van der Waals surface area contributed by atoms with Gasteiger partial charge in [-0.15, -0.1) is 0 Å². The number of hydrogen-bond donors (Lipinski definition) is 3. The van der Waals surface area contributed by atoms with Gasteiger partial charge in [-0.25, -0.2) is 9.13 Å². The lowest BCUT2D eigenvalue weighted by Gasteiger charge is -2.21. The second-order valence-electron chi connectivity index (χ2n) is 24.8. The Morgan fingerprint density at radius 2 is 0.520 bits per heavy atom. The maximum Gasteiger partial charge on any atom is 0.472 e. The lowest BCUT2D eigenvalue weighted by molar-refractivity contribution is -0.161. The Labute approximate surface area is 616 Å². The van der Waals surface area contributed by atoms with Crippen molar-refractivity contribution in [1.82, 2.24) is 0 Å². The molecule has 3 N–H and O–H groups in total. The molecule has 5 unspecified atom stereocenters. The van der Waals surface area contributed by atoms with Crippen LogP contribution in [0.1, 0.15) is 272 Å². The van der Waals surface area contributed by atoms with Gasteiger partial charge >= 0.3 is 39.5 Å². The van der Waals surface area contributed by atoms with Crippen LogP contribution in [0.3, 0.4) is 0 Å². The number of phosphoric acid groups is 2. The van der Waals surface area contributed by atoms with Crippen molar-refractivity contribution in [2.45, 2.75) is 290 Å². The van der Waals surface area contributed by atoms with Gasteiger partial charge in [0.15, 0.2) is 12.2 Å². The molecule has 0 aromatic rings. The van der Waals surface area contributed by atoms with Crippen LogP contribution in [0.25, 0.3) is 0 Å². The van der Waals surface area contributed by atoms with E-state index in [4.69, 9.17) is 37.0 Å². The molecule has 0 radical (unpaired) electrons. The molecular formula is C83H134O17P2. The zero-order valence-electron chi connectivity index (χ0n) is 63.0. The average Bonchev–Trinajstić information content (AvgIpc) is 0.926. The van der Waals surface area contributed by atoms with Crippen molar-refractivity contribution in [2.24, 2.45) is 0 Å². The SMILES string of the molecule is CC/C=C\C/C=C\C/C=C\C/C=C\C/C=C\CCCCCC(=O)OCC(COP(=O)(O)OCC(O)COP(=O)(O)OCC(COC(=O)CCC/C=C\C/C=C\C/C=C\C/C=C\C/C=C\CC)OC(=O)CCCC/C=C\C/C=C\C/C=C\C/C=C\CC)OC(=O)CCCCCCCCCCCCC. The van der Waals surface area contributed by atoms with Gasteiger partial charge in [0, 0.05) is 25.7 Å². The molecular weight excluding hydrogens is 1330 g/mol. The lowest BCUT2D eigenvalue weighted by Crippen LogP contribution is -2.30. The van der Waals surface area contributed by atoms with Crippen molar-refractivity contribution in [3.05, 3.63) is 170 Å². The molecule has 17 nitrogen and oxygen atoms in total. The van der Waals surface area contributed by atoms with E-state index in [1.165, 1.54) is 38.5 Å². The third-order valence-corrected chi connectivity index (χ3v) is 17.1. The monoisotopic (exact) mass is 1460 g/mol. The van der Waals surface area contributed by atoms with Crippen LogP contribution < -0.4 is 0 Å². The fourth-order valence-corrected chi connectivity index (χ4v) is 11.0. The minimum absolute atomic E-state index is 0.0240. The fraction of sp³-hybridized carbons (Fsp3) is 0.614. The summed E-state index contributed by atoms with van der Waals surface area (Å²) in [5, 5.41) is 10.6. The number of carbonyl (C=O) groups is 4. The van der Waals surface area contributed by atoms with E-state index in [2.05, 4.69) is 186 Å². The number of esters is 4. The number of aliphatic hydroxyl groups excluding tert-OH is 1. The van der Waals surface area contributed by atoms with Crippen molar-refractivity contribution in [1.29, 1.82) is 0 Å². The fourth-order valence-electron chi connectivity index (χ4n) is 9.45. The second-order valence-corrected chi connectivity index (χ2v) is 27.7. The van der Waals surface area contributed by atoms with Gasteiger partial charge in [-0.2, -0.15) is 0 Å². The van der Waals surface area contributed by atoms with E-state index in [-0.39, 0.29) is 25.7 Å². The first-order valence-electron chi connectivity index (χ1n) is 38.4. The number of hydrogen-bond acceptors (Lipinski definition) is 15. The molecule has 0 aliphatic heterocycles. The molecule has 0 fully saturated rings. The van der Waals surface area contributed by atoms with Crippen molar-refractivity contribution >= 4 is 39.5 Å². The number of aliphatic hydroxyl groups is 1. The number of rotatable bonds is 70. The van der Waals surface area contributed by atoms with Crippen molar-refractivity contribution in [2.75, 3.05) is 39.6 Å². The normalized spacial score (nSPS) is 14.9. The van der Waals surface area contributed by atoms with Gasteiger partial charge in [0.1, 0.15) is 19.3 Å². The largest absolute Gasteiger partial charge is 0.472 e. The molecule has 578 valence electrons. The zero-order chi connectivity index (χ0) is 74.6. The van der Waals surface area contributed by atoms with Crippen LogP contribution in [-0.2, 0) is 65.4 Å². The Balaban J connectivity index is 5.45. The highest BCUT2D eigenvalue weighted by Gasteiger charge is 2.30. The first-order valence-corrected chi connectivity index (χ1v) is 41.4. The minimum atomic E-state index is -5.01. The number of unbranched alkanes of at least 4 members (excludes halogenated alkanes) is 16. The van der Waals surface area contributed by atoms with E-state index in [9.17, 15) is 43.2 Å². The molecule has 102 heavy (non-hydrogen) atoms. The number of allylic oxidation sites excluding steroid dienone is 28. The second kappa shape index (κ2) is 73.7. The molecule has 0 bridgehead atoms. The molecule has 19 heteroatoms. The molecule has 0 saturated carbocycles. The quantitative estimate of drug-likeness (QED) is 0.0169. The standard InChI is InChI=1S/C83H134O17P2/c1-5-9-13-17-21-25-29-32-35-37-38-40-43-45-49-52-56-60-64-68-80(85)93-73-78(99-82(87)69-65-61-57-53-47-28-24-20-16-12-8-4)75-97-101(89,90)95-71-77(84)72-96-102(91,92)98-76-79(100-83(88)70-66-62-58-54-50-46-41-34-31-27-23-19-15-11-7-3)74-94-81(86)67-63-59-55-51-48-44-42-39-36-33-30-26-22-18-14-10-6-2/h9-11,13-15,21-23,25-27,32-36,38,40-42,44-45,49-51,54-55,77-79,84H,5-8,12,16-20,24,28-31,37,39,43,46-48,52-53,56-76H2,1-4H3,(H,89,90)(H,91,92)/b13-9-,14-10-,15-11-,25-21-,26-22-,27-23-,35-32-,36-33-,40-38-,41-34-,44-42-,49-45-,54-50-,55-51-. The topological polar surface area (TPSA) is 237 Å². The Bertz CT molecular complexity index is 2600. The molecule has 0 aromatic heterocycles. The maximum absolute atomic E-state index is 13.1. The number of ether oxygens (including phenoxy) is 4. The van der Waals surface area contributed by atoms with Gasteiger partial charge in [-0.05, 0) is 148 Å². The van der Waals surface area contributed by atoms with Gasteiger partial charge in [0.05, 0.1) is 26.4 Å². The van der Waals surface area contributed by atoms with Crippen LogP contribution in [-0.4, -0.2) is 96.7 Å². The molecule has 0 aromatic carbocycles. The van der Waals surface area contributed by atoms with Gasteiger partial charge in [-0.1, -0.05) is 268 Å². The predicted molar refractivity (Wildman–Crippen MR) is 417 cm³/mol. The van der Waals surface area contributed by atoms with Crippen LogP contribution in [0.2, 0.25) is 0 Å². The van der Waals surface area contributed by atoms with E-state index in [0.717, 1.165) is 141 Å². The average molecular weight is 1470 g/mol.